The normalized spacial score (nSPS) is 10.6. The molecule has 2 nitrogen and oxygen atoms in total. The molecule has 0 N–H and O–H groups in total. The molecule has 0 bridgehead atoms. The van der Waals surface area contributed by atoms with Crippen LogP contribution in [-0.4, -0.2) is 0 Å². The van der Waals surface area contributed by atoms with E-state index in [0.29, 0.717) is 5.69 Å². The van der Waals surface area contributed by atoms with Crippen LogP contribution < -0.4 is 0 Å². The summed E-state index contributed by atoms with van der Waals surface area (Å²) in [5, 5.41) is 2.94. The number of nitrogens with zero attached hydrogens (tertiary/aromatic N) is 1. The van der Waals surface area contributed by atoms with E-state index < -0.39 is 0 Å². The predicted octanol–water partition coefficient (Wildman–Crippen LogP) is 4.10. The molecule has 2 heteroatoms. The predicted molar refractivity (Wildman–Crippen MR) is 67.7 cm³/mol. The van der Waals surface area contributed by atoms with Crippen molar-refractivity contribution in [1.82, 2.24) is 0 Å². The highest BCUT2D eigenvalue weighted by atomic mass is 16.3. The van der Waals surface area contributed by atoms with Gasteiger partial charge in [-0.25, -0.2) is 0 Å². The molecule has 0 atom stereocenters. The molecule has 1 aromatic carbocycles. The summed E-state index contributed by atoms with van der Waals surface area (Å²) in [7, 11) is 0. The second kappa shape index (κ2) is 4.49. The van der Waals surface area contributed by atoms with Crippen LogP contribution in [0.5, 0.6) is 0 Å². The van der Waals surface area contributed by atoms with Crippen molar-refractivity contribution in [2.24, 2.45) is 10.6 Å². The molecule has 0 unspecified atom stereocenters. The largest absolute Gasteiger partial charge is 0.145 e. The Balaban J connectivity index is 3.24. The first-order valence-electron chi connectivity index (χ1n) is 5.31. The molecule has 0 saturated heterocycles. The highest BCUT2D eigenvalue weighted by Crippen LogP contribution is 2.22. The van der Waals surface area contributed by atoms with Gasteiger partial charge in [-0.05, 0) is 63.1 Å². The Labute approximate surface area is 97.0 Å². The third-order valence-corrected chi connectivity index (χ3v) is 2.19. The van der Waals surface area contributed by atoms with Crippen LogP contribution in [0, 0.1) is 36.0 Å². The molecular formula is C14H17NO. The first-order chi connectivity index (χ1) is 7.33. The molecular weight excluding hydrogens is 198 g/mol. The molecule has 0 radical (unpaired) electrons. The molecule has 0 aliphatic heterocycles. The summed E-state index contributed by atoms with van der Waals surface area (Å²) in [5.41, 5.74) is 3.47. The minimum Gasteiger partial charge on any atom is -0.145 e. The summed E-state index contributed by atoms with van der Waals surface area (Å²) in [5.74, 6) is 6.38. The molecule has 0 saturated carbocycles. The van der Waals surface area contributed by atoms with Crippen molar-refractivity contribution in [3.63, 3.8) is 0 Å². The smallest absolute Gasteiger partial charge is 0.108 e. The monoisotopic (exact) mass is 215 g/mol. The molecule has 0 fully saturated rings. The molecule has 1 aromatic rings. The Bertz CT molecular complexity index is 447. The summed E-state index contributed by atoms with van der Waals surface area (Å²) in [6.07, 6.45) is 0. The quantitative estimate of drug-likeness (QED) is 0.512. The van der Waals surface area contributed by atoms with Crippen molar-refractivity contribution in [3.05, 3.63) is 33.7 Å². The summed E-state index contributed by atoms with van der Waals surface area (Å²) < 4.78 is 0. The summed E-state index contributed by atoms with van der Waals surface area (Å²) in [6, 6.07) is 3.54. The number of benzene rings is 1. The van der Waals surface area contributed by atoms with Gasteiger partial charge in [-0.2, -0.15) is 0 Å². The van der Waals surface area contributed by atoms with Crippen LogP contribution in [0.25, 0.3) is 0 Å². The molecule has 1 rings (SSSR count). The summed E-state index contributed by atoms with van der Waals surface area (Å²) >= 11 is 0. The van der Waals surface area contributed by atoms with Crippen molar-refractivity contribution in [1.29, 1.82) is 0 Å². The molecule has 0 aliphatic rings. The minimum atomic E-state index is -0.0134. The van der Waals surface area contributed by atoms with Crippen molar-refractivity contribution < 1.29 is 0 Å². The van der Waals surface area contributed by atoms with Crippen molar-refractivity contribution in [3.8, 4) is 11.8 Å². The van der Waals surface area contributed by atoms with Crippen LogP contribution in [0.2, 0.25) is 0 Å². The SMILES string of the molecule is Cc1cc(N=O)cc(C)c1C#CC(C)(C)C. The lowest BCUT2D eigenvalue weighted by molar-refractivity contribution is 0.571. The van der Waals surface area contributed by atoms with E-state index in [2.05, 4.69) is 37.8 Å². The van der Waals surface area contributed by atoms with Crippen LogP contribution >= 0.6 is 0 Å². The third-order valence-electron chi connectivity index (χ3n) is 2.19. The van der Waals surface area contributed by atoms with Crippen LogP contribution in [0.4, 0.5) is 5.69 Å². The van der Waals surface area contributed by atoms with Gasteiger partial charge in [0.2, 0.25) is 0 Å². The van der Waals surface area contributed by atoms with Gasteiger partial charge in [0.05, 0.1) is 0 Å². The Morgan fingerprint density at radius 2 is 1.62 bits per heavy atom. The fourth-order valence-corrected chi connectivity index (χ4v) is 1.44. The Kier molecular flexibility index (Phi) is 3.49. The van der Waals surface area contributed by atoms with Gasteiger partial charge in [-0.1, -0.05) is 11.8 Å². The van der Waals surface area contributed by atoms with E-state index >= 15 is 0 Å². The zero-order valence-corrected chi connectivity index (χ0v) is 10.5. The van der Waals surface area contributed by atoms with Gasteiger partial charge in [-0.3, -0.25) is 0 Å². The second-order valence-corrected chi connectivity index (χ2v) is 5.05. The molecule has 0 spiro atoms. The van der Waals surface area contributed by atoms with Crippen LogP contribution in [0.15, 0.2) is 17.3 Å². The minimum absolute atomic E-state index is 0.0134. The number of hydrogen-bond acceptors (Lipinski definition) is 2. The van der Waals surface area contributed by atoms with Crippen LogP contribution in [0.3, 0.4) is 0 Å². The van der Waals surface area contributed by atoms with Crippen molar-refractivity contribution in [2.75, 3.05) is 0 Å². The Morgan fingerprint density at radius 3 is 2.00 bits per heavy atom. The lowest BCUT2D eigenvalue weighted by Gasteiger charge is -2.08. The van der Waals surface area contributed by atoms with E-state index in [1.54, 1.807) is 12.1 Å². The van der Waals surface area contributed by atoms with Crippen molar-refractivity contribution in [2.45, 2.75) is 34.6 Å². The molecule has 0 aliphatic carbocycles. The van der Waals surface area contributed by atoms with Crippen LogP contribution in [-0.2, 0) is 0 Å². The highest BCUT2D eigenvalue weighted by Gasteiger charge is 2.06. The van der Waals surface area contributed by atoms with Gasteiger partial charge in [0.15, 0.2) is 0 Å². The van der Waals surface area contributed by atoms with E-state index in [-0.39, 0.29) is 5.41 Å². The fourth-order valence-electron chi connectivity index (χ4n) is 1.44. The number of nitroso groups, excluding NO2 is 1. The van der Waals surface area contributed by atoms with Gasteiger partial charge in [0.25, 0.3) is 0 Å². The van der Waals surface area contributed by atoms with E-state index in [1.165, 1.54) is 0 Å². The Morgan fingerprint density at radius 1 is 1.12 bits per heavy atom. The van der Waals surface area contributed by atoms with E-state index in [4.69, 9.17) is 0 Å². The fraction of sp³-hybridized carbons (Fsp3) is 0.429. The average molecular weight is 215 g/mol. The molecule has 84 valence electrons. The number of aryl methyl sites for hydroxylation is 2. The number of rotatable bonds is 1. The summed E-state index contributed by atoms with van der Waals surface area (Å²) in [6.45, 7) is 10.1. The Hall–Kier alpha value is -1.62. The third kappa shape index (κ3) is 3.20. The van der Waals surface area contributed by atoms with Gasteiger partial charge in [-0.15, -0.1) is 4.91 Å². The first kappa shape index (κ1) is 12.4. The maximum atomic E-state index is 10.5. The van der Waals surface area contributed by atoms with Crippen LogP contribution in [0.1, 0.15) is 37.5 Å². The molecule has 0 aromatic heterocycles. The van der Waals surface area contributed by atoms with E-state index in [0.717, 1.165) is 16.7 Å². The molecule has 16 heavy (non-hydrogen) atoms. The van der Waals surface area contributed by atoms with Gasteiger partial charge in [0, 0.05) is 11.0 Å². The standard InChI is InChI=1S/C14H17NO/c1-10-8-12(15-16)9-11(2)13(10)6-7-14(3,4)5/h8-9H,1-5H3. The maximum absolute atomic E-state index is 10.5. The van der Waals surface area contributed by atoms with E-state index in [9.17, 15) is 4.91 Å². The lowest BCUT2D eigenvalue weighted by atomic mass is 9.95. The van der Waals surface area contributed by atoms with Gasteiger partial charge >= 0.3 is 0 Å². The lowest BCUT2D eigenvalue weighted by Crippen LogP contribution is -2.00. The highest BCUT2D eigenvalue weighted by molar-refractivity contribution is 5.54. The zero-order chi connectivity index (χ0) is 12.3. The molecule has 0 heterocycles. The second-order valence-electron chi connectivity index (χ2n) is 5.05. The zero-order valence-electron chi connectivity index (χ0n) is 10.5. The first-order valence-corrected chi connectivity index (χ1v) is 5.31. The molecule has 0 amide bonds. The number of hydrogen-bond donors (Lipinski definition) is 0. The topological polar surface area (TPSA) is 29.4 Å². The van der Waals surface area contributed by atoms with Crippen molar-refractivity contribution >= 4 is 5.69 Å². The van der Waals surface area contributed by atoms with Gasteiger partial charge < -0.3 is 0 Å². The average Bonchev–Trinajstić information content (AvgIpc) is 2.14. The maximum Gasteiger partial charge on any atom is 0.108 e. The summed E-state index contributed by atoms with van der Waals surface area (Å²) in [4.78, 5) is 10.5. The van der Waals surface area contributed by atoms with Gasteiger partial charge in [0.1, 0.15) is 5.69 Å². The van der Waals surface area contributed by atoms with E-state index in [1.807, 2.05) is 13.8 Å².